The number of aliphatic carboxylic acids is 1. The molecule has 1 spiro atoms. The summed E-state index contributed by atoms with van der Waals surface area (Å²) in [6.07, 6.45) is 3.39. The molecular formula is C15H17ClO3S. The Kier molecular flexibility index (Phi) is 3.73. The summed E-state index contributed by atoms with van der Waals surface area (Å²) in [7, 11) is 0. The second kappa shape index (κ2) is 5.24. The van der Waals surface area contributed by atoms with Gasteiger partial charge < -0.3 is 9.84 Å². The van der Waals surface area contributed by atoms with Gasteiger partial charge in [0.25, 0.3) is 0 Å². The van der Waals surface area contributed by atoms with Crippen LogP contribution in [0.15, 0.2) is 29.2 Å². The van der Waals surface area contributed by atoms with Crippen LogP contribution in [0.3, 0.4) is 0 Å². The van der Waals surface area contributed by atoms with E-state index in [0.717, 1.165) is 31.0 Å². The largest absolute Gasteiger partial charge is 0.480 e. The van der Waals surface area contributed by atoms with Crippen LogP contribution >= 0.6 is 23.4 Å². The van der Waals surface area contributed by atoms with Gasteiger partial charge in [-0.2, -0.15) is 0 Å². The molecule has 1 N–H and O–H groups in total. The zero-order chi connectivity index (χ0) is 14.2. The van der Waals surface area contributed by atoms with E-state index in [0.29, 0.717) is 17.9 Å². The molecule has 2 aliphatic rings. The van der Waals surface area contributed by atoms with Crippen LogP contribution in [0, 0.1) is 5.41 Å². The Morgan fingerprint density at radius 3 is 2.50 bits per heavy atom. The first-order valence-corrected chi connectivity index (χ1v) is 8.00. The summed E-state index contributed by atoms with van der Waals surface area (Å²) in [5.74, 6) is -0.723. The van der Waals surface area contributed by atoms with Crippen molar-refractivity contribution in [2.45, 2.75) is 35.3 Å². The van der Waals surface area contributed by atoms with Gasteiger partial charge in [-0.1, -0.05) is 23.7 Å². The molecule has 3 rings (SSSR count). The van der Waals surface area contributed by atoms with Gasteiger partial charge in [0.05, 0.1) is 5.02 Å². The van der Waals surface area contributed by atoms with Gasteiger partial charge in [-0.15, -0.1) is 11.8 Å². The van der Waals surface area contributed by atoms with Gasteiger partial charge in [0.1, 0.15) is 4.75 Å². The fourth-order valence-electron chi connectivity index (χ4n) is 3.32. The molecule has 0 aromatic heterocycles. The second-order valence-electron chi connectivity index (χ2n) is 5.80. The lowest BCUT2D eigenvalue weighted by Crippen LogP contribution is -2.56. The lowest BCUT2D eigenvalue weighted by atomic mass is 9.57. The van der Waals surface area contributed by atoms with Gasteiger partial charge in [0.2, 0.25) is 0 Å². The van der Waals surface area contributed by atoms with Gasteiger partial charge in [0.15, 0.2) is 0 Å². The number of hydrogen-bond donors (Lipinski definition) is 1. The van der Waals surface area contributed by atoms with E-state index in [2.05, 4.69) is 0 Å². The fourth-order valence-corrected chi connectivity index (χ4v) is 5.15. The lowest BCUT2D eigenvalue weighted by molar-refractivity contribution is -0.150. The van der Waals surface area contributed by atoms with Crippen LogP contribution in [0.25, 0.3) is 0 Å². The number of benzene rings is 1. The van der Waals surface area contributed by atoms with E-state index in [4.69, 9.17) is 16.3 Å². The SMILES string of the molecule is O=C(O)C1(Sc2ccccc2Cl)CC2(CCOCC2)C1. The molecule has 0 radical (unpaired) electrons. The second-order valence-corrected chi connectivity index (χ2v) is 7.63. The molecule has 0 amide bonds. The van der Waals surface area contributed by atoms with Crippen molar-refractivity contribution in [3.05, 3.63) is 29.3 Å². The summed E-state index contributed by atoms with van der Waals surface area (Å²) >= 11 is 7.57. The number of carboxylic acid groups (broad SMARTS) is 1. The van der Waals surface area contributed by atoms with Crippen LogP contribution in [-0.4, -0.2) is 29.0 Å². The lowest BCUT2D eigenvalue weighted by Gasteiger charge is -2.55. The van der Waals surface area contributed by atoms with Crippen LogP contribution in [0.1, 0.15) is 25.7 Å². The molecule has 20 heavy (non-hydrogen) atoms. The molecule has 1 saturated heterocycles. The highest BCUT2D eigenvalue weighted by Crippen LogP contribution is 2.62. The van der Waals surface area contributed by atoms with Crippen LogP contribution in [0.5, 0.6) is 0 Å². The average Bonchev–Trinajstić information content (AvgIpc) is 2.40. The Morgan fingerprint density at radius 1 is 1.25 bits per heavy atom. The van der Waals surface area contributed by atoms with Crippen molar-refractivity contribution in [2.24, 2.45) is 5.41 Å². The molecular weight excluding hydrogens is 296 g/mol. The van der Waals surface area contributed by atoms with Gasteiger partial charge in [-0.3, -0.25) is 4.79 Å². The van der Waals surface area contributed by atoms with E-state index in [1.807, 2.05) is 24.3 Å². The number of carbonyl (C=O) groups is 1. The summed E-state index contributed by atoms with van der Waals surface area (Å²) in [6, 6.07) is 7.46. The van der Waals surface area contributed by atoms with Gasteiger partial charge in [0, 0.05) is 18.1 Å². The van der Waals surface area contributed by atoms with E-state index in [-0.39, 0.29) is 5.41 Å². The molecule has 5 heteroatoms. The van der Waals surface area contributed by atoms with E-state index < -0.39 is 10.7 Å². The summed E-state index contributed by atoms with van der Waals surface area (Å²) < 4.78 is 4.67. The van der Waals surface area contributed by atoms with Crippen molar-refractivity contribution in [3.8, 4) is 0 Å². The minimum atomic E-state index is -0.723. The van der Waals surface area contributed by atoms with Crippen LogP contribution < -0.4 is 0 Å². The van der Waals surface area contributed by atoms with Crippen molar-refractivity contribution in [1.82, 2.24) is 0 Å². The van der Waals surface area contributed by atoms with Gasteiger partial charge >= 0.3 is 5.97 Å². The quantitative estimate of drug-likeness (QED) is 0.921. The van der Waals surface area contributed by atoms with E-state index in [9.17, 15) is 9.90 Å². The monoisotopic (exact) mass is 312 g/mol. The third-order valence-corrected chi connectivity index (χ3v) is 6.28. The third-order valence-electron chi connectivity index (χ3n) is 4.41. The maximum atomic E-state index is 11.8. The minimum absolute atomic E-state index is 0.172. The molecule has 0 atom stereocenters. The number of halogens is 1. The van der Waals surface area contributed by atoms with Crippen molar-refractivity contribution in [1.29, 1.82) is 0 Å². The highest BCUT2D eigenvalue weighted by Gasteiger charge is 2.59. The maximum Gasteiger partial charge on any atom is 0.320 e. The van der Waals surface area contributed by atoms with Crippen molar-refractivity contribution < 1.29 is 14.6 Å². The first-order valence-electron chi connectivity index (χ1n) is 6.80. The molecule has 3 nitrogen and oxygen atoms in total. The molecule has 1 heterocycles. The van der Waals surface area contributed by atoms with Crippen molar-refractivity contribution in [2.75, 3.05) is 13.2 Å². The Hall–Kier alpha value is -0.710. The fraction of sp³-hybridized carbons (Fsp3) is 0.533. The highest BCUT2D eigenvalue weighted by atomic mass is 35.5. The Labute approximate surface area is 127 Å². The summed E-state index contributed by atoms with van der Waals surface area (Å²) in [6.45, 7) is 1.51. The molecule has 2 fully saturated rings. The summed E-state index contributed by atoms with van der Waals surface area (Å²) in [4.78, 5) is 12.6. The van der Waals surface area contributed by atoms with Gasteiger partial charge in [-0.25, -0.2) is 0 Å². The van der Waals surface area contributed by atoms with Gasteiger partial charge in [-0.05, 0) is 43.2 Å². The maximum absolute atomic E-state index is 11.8. The number of ether oxygens (including phenoxy) is 1. The smallest absolute Gasteiger partial charge is 0.320 e. The molecule has 108 valence electrons. The van der Waals surface area contributed by atoms with Crippen molar-refractivity contribution >= 4 is 29.3 Å². The molecule has 1 aliphatic heterocycles. The number of thioether (sulfide) groups is 1. The normalized spacial score (nSPS) is 23.2. The number of hydrogen-bond acceptors (Lipinski definition) is 3. The topological polar surface area (TPSA) is 46.5 Å². The summed E-state index contributed by atoms with van der Waals surface area (Å²) in [5, 5.41) is 10.3. The van der Waals surface area contributed by atoms with E-state index in [1.165, 1.54) is 11.8 Å². The zero-order valence-electron chi connectivity index (χ0n) is 11.1. The molecule has 1 aromatic carbocycles. The molecule has 1 aromatic rings. The zero-order valence-corrected chi connectivity index (χ0v) is 12.7. The van der Waals surface area contributed by atoms with E-state index >= 15 is 0 Å². The minimum Gasteiger partial charge on any atom is -0.480 e. The third kappa shape index (κ3) is 2.45. The first kappa shape index (κ1) is 14.2. The molecule has 1 aliphatic carbocycles. The Bertz CT molecular complexity index is 518. The number of rotatable bonds is 3. The average molecular weight is 313 g/mol. The Balaban J connectivity index is 1.78. The standard InChI is InChI=1S/C15H17ClO3S/c16-11-3-1-2-4-12(11)20-15(13(17)18)9-14(10-15)5-7-19-8-6-14/h1-4H,5-10H2,(H,17,18). The predicted octanol–water partition coefficient (Wildman–Crippen LogP) is 3.85. The molecule has 1 saturated carbocycles. The molecule has 0 unspecified atom stereocenters. The summed E-state index contributed by atoms with van der Waals surface area (Å²) in [5.41, 5.74) is 0.172. The molecule has 0 bridgehead atoms. The first-order chi connectivity index (χ1) is 9.55. The number of carboxylic acids is 1. The highest BCUT2D eigenvalue weighted by molar-refractivity contribution is 8.01. The van der Waals surface area contributed by atoms with Crippen LogP contribution in [0.4, 0.5) is 0 Å². The van der Waals surface area contributed by atoms with Crippen LogP contribution in [0.2, 0.25) is 5.02 Å². The van der Waals surface area contributed by atoms with Crippen molar-refractivity contribution in [3.63, 3.8) is 0 Å². The Morgan fingerprint density at radius 2 is 1.90 bits per heavy atom. The van der Waals surface area contributed by atoms with Crippen LogP contribution in [-0.2, 0) is 9.53 Å². The predicted molar refractivity (Wildman–Crippen MR) is 79.4 cm³/mol. The van der Waals surface area contributed by atoms with E-state index in [1.54, 1.807) is 0 Å².